The standard InChI is InChI=1S/C20H32O2S/c1-16-14-17(19(21)15-23(2)12-6-7-13-23)10-11-20(16)22-18-8-4-3-5-9-18/h10-11,14,16,18,20H,3-9,12-13,15H2,1-2H3. The van der Waals surface area contributed by atoms with Gasteiger partial charge in [-0.15, -0.1) is 0 Å². The van der Waals surface area contributed by atoms with Crippen LogP contribution >= 0.6 is 10.0 Å². The highest BCUT2D eigenvalue weighted by atomic mass is 32.3. The summed E-state index contributed by atoms with van der Waals surface area (Å²) in [7, 11) is -0.662. The van der Waals surface area contributed by atoms with E-state index in [2.05, 4.69) is 25.3 Å². The third kappa shape index (κ3) is 4.51. The molecule has 0 spiro atoms. The minimum absolute atomic E-state index is 0.157. The van der Waals surface area contributed by atoms with Gasteiger partial charge < -0.3 is 4.74 Å². The highest BCUT2D eigenvalue weighted by molar-refractivity contribution is 8.33. The van der Waals surface area contributed by atoms with Crippen molar-refractivity contribution in [2.75, 3.05) is 23.5 Å². The number of hydrogen-bond donors (Lipinski definition) is 0. The van der Waals surface area contributed by atoms with Crippen molar-refractivity contribution in [3.63, 3.8) is 0 Å². The molecule has 2 atom stereocenters. The number of allylic oxidation sites excluding steroid dienone is 2. The highest BCUT2D eigenvalue weighted by Gasteiger charge is 2.29. The summed E-state index contributed by atoms with van der Waals surface area (Å²) in [5.41, 5.74) is 0.932. The molecule has 0 amide bonds. The summed E-state index contributed by atoms with van der Waals surface area (Å²) in [6.07, 6.45) is 18.3. The van der Waals surface area contributed by atoms with E-state index in [0.29, 0.717) is 17.8 Å². The molecule has 3 aliphatic rings. The number of rotatable bonds is 5. The van der Waals surface area contributed by atoms with Crippen molar-refractivity contribution in [1.29, 1.82) is 0 Å². The van der Waals surface area contributed by atoms with Crippen LogP contribution in [0.25, 0.3) is 0 Å². The largest absolute Gasteiger partial charge is 0.370 e. The quantitative estimate of drug-likeness (QED) is 0.731. The summed E-state index contributed by atoms with van der Waals surface area (Å²) in [6, 6.07) is 0. The molecular formula is C20H32O2S. The van der Waals surface area contributed by atoms with Gasteiger partial charge in [-0.05, 0) is 43.4 Å². The second-order valence-corrected chi connectivity index (χ2v) is 11.9. The Morgan fingerprint density at radius 2 is 1.87 bits per heavy atom. The molecule has 1 heterocycles. The van der Waals surface area contributed by atoms with Crippen molar-refractivity contribution >= 4 is 15.8 Å². The van der Waals surface area contributed by atoms with Gasteiger partial charge in [0.15, 0.2) is 5.78 Å². The van der Waals surface area contributed by atoms with Crippen molar-refractivity contribution in [1.82, 2.24) is 0 Å². The average molecular weight is 337 g/mol. The van der Waals surface area contributed by atoms with Crippen LogP contribution in [-0.4, -0.2) is 41.5 Å². The maximum Gasteiger partial charge on any atom is 0.170 e. The van der Waals surface area contributed by atoms with E-state index in [1.807, 2.05) is 6.08 Å². The second kappa shape index (κ2) is 7.57. The second-order valence-electron chi connectivity index (χ2n) is 7.86. The summed E-state index contributed by atoms with van der Waals surface area (Å²) in [5.74, 6) is 4.05. The number of ketones is 1. The molecule has 0 aromatic rings. The fourth-order valence-electron chi connectivity index (χ4n) is 4.13. The first-order valence-corrected chi connectivity index (χ1v) is 11.9. The Balaban J connectivity index is 1.55. The zero-order valence-electron chi connectivity index (χ0n) is 14.8. The van der Waals surface area contributed by atoms with E-state index in [0.717, 1.165) is 11.3 Å². The van der Waals surface area contributed by atoms with E-state index in [4.69, 9.17) is 4.74 Å². The van der Waals surface area contributed by atoms with Crippen LogP contribution in [0.2, 0.25) is 0 Å². The Morgan fingerprint density at radius 1 is 1.17 bits per heavy atom. The number of Topliss-reactive ketones (excluding diaryl/α,β-unsaturated/α-hetero) is 1. The van der Waals surface area contributed by atoms with Crippen LogP contribution in [0.3, 0.4) is 0 Å². The van der Waals surface area contributed by atoms with Crippen molar-refractivity contribution in [2.45, 2.75) is 64.1 Å². The van der Waals surface area contributed by atoms with Crippen LogP contribution in [0.15, 0.2) is 23.8 Å². The first kappa shape index (κ1) is 17.3. The Morgan fingerprint density at radius 3 is 2.52 bits per heavy atom. The smallest absolute Gasteiger partial charge is 0.170 e. The lowest BCUT2D eigenvalue weighted by Crippen LogP contribution is -2.29. The number of ether oxygens (including phenoxy) is 1. The number of carbonyl (C=O) groups is 1. The fourth-order valence-corrected chi connectivity index (χ4v) is 7.23. The topological polar surface area (TPSA) is 26.3 Å². The van der Waals surface area contributed by atoms with Crippen molar-refractivity contribution in [3.8, 4) is 0 Å². The van der Waals surface area contributed by atoms with Crippen LogP contribution in [0.4, 0.5) is 0 Å². The molecule has 2 unspecified atom stereocenters. The van der Waals surface area contributed by atoms with Gasteiger partial charge in [-0.25, -0.2) is 10.0 Å². The normalized spacial score (nSPS) is 32.5. The molecule has 3 rings (SSSR count). The van der Waals surface area contributed by atoms with Crippen molar-refractivity contribution in [2.24, 2.45) is 5.92 Å². The minimum Gasteiger partial charge on any atom is -0.370 e. The van der Waals surface area contributed by atoms with E-state index >= 15 is 0 Å². The summed E-state index contributed by atoms with van der Waals surface area (Å²) in [4.78, 5) is 12.7. The van der Waals surface area contributed by atoms with Gasteiger partial charge in [0.1, 0.15) is 0 Å². The molecule has 1 saturated heterocycles. The Kier molecular flexibility index (Phi) is 5.69. The van der Waals surface area contributed by atoms with Gasteiger partial charge in [0.2, 0.25) is 0 Å². The molecule has 2 fully saturated rings. The number of hydrogen-bond acceptors (Lipinski definition) is 2. The van der Waals surface area contributed by atoms with Crippen LogP contribution in [0, 0.1) is 5.92 Å². The lowest BCUT2D eigenvalue weighted by atomic mass is 9.92. The zero-order valence-corrected chi connectivity index (χ0v) is 15.6. The van der Waals surface area contributed by atoms with Gasteiger partial charge in [0.05, 0.1) is 12.2 Å². The molecule has 1 aliphatic heterocycles. The van der Waals surface area contributed by atoms with E-state index in [9.17, 15) is 4.79 Å². The Labute approximate surface area is 143 Å². The third-order valence-electron chi connectivity index (χ3n) is 5.65. The summed E-state index contributed by atoms with van der Waals surface area (Å²) in [5, 5.41) is 0. The monoisotopic (exact) mass is 336 g/mol. The third-order valence-corrected chi connectivity index (χ3v) is 9.16. The molecule has 2 nitrogen and oxygen atoms in total. The molecule has 0 bridgehead atoms. The molecule has 1 saturated carbocycles. The SMILES string of the molecule is CC1C=C(C(=O)CS2(C)CCCC2)C=CC1OC1CCCCC1. The van der Waals surface area contributed by atoms with Crippen molar-refractivity contribution in [3.05, 3.63) is 23.8 Å². The van der Waals surface area contributed by atoms with Gasteiger partial charge in [0, 0.05) is 17.2 Å². The summed E-state index contributed by atoms with van der Waals surface area (Å²) >= 11 is 0. The van der Waals surface area contributed by atoms with Gasteiger partial charge in [-0.2, -0.15) is 0 Å². The van der Waals surface area contributed by atoms with Gasteiger partial charge in [-0.1, -0.05) is 44.4 Å². The first-order valence-electron chi connectivity index (χ1n) is 9.36. The maximum atomic E-state index is 12.7. The maximum absolute atomic E-state index is 12.7. The predicted octanol–water partition coefficient (Wildman–Crippen LogP) is 4.63. The lowest BCUT2D eigenvalue weighted by molar-refractivity contribution is -0.113. The average Bonchev–Trinajstić information content (AvgIpc) is 2.96. The Bertz CT molecular complexity index is 482. The molecule has 130 valence electrons. The van der Waals surface area contributed by atoms with Crippen molar-refractivity contribution < 1.29 is 9.53 Å². The van der Waals surface area contributed by atoms with E-state index in [1.165, 1.54) is 56.5 Å². The molecule has 0 aromatic heterocycles. The zero-order chi connectivity index (χ0) is 16.3. The molecule has 2 aliphatic carbocycles. The van der Waals surface area contributed by atoms with Crippen LogP contribution < -0.4 is 0 Å². The summed E-state index contributed by atoms with van der Waals surface area (Å²) in [6.45, 7) is 2.19. The van der Waals surface area contributed by atoms with Gasteiger partial charge >= 0.3 is 0 Å². The van der Waals surface area contributed by atoms with E-state index < -0.39 is 10.0 Å². The minimum atomic E-state index is -0.662. The molecular weight excluding hydrogens is 304 g/mol. The fraction of sp³-hybridized carbons (Fsp3) is 0.750. The molecule has 3 heteroatoms. The van der Waals surface area contributed by atoms with Gasteiger partial charge in [-0.3, -0.25) is 4.79 Å². The van der Waals surface area contributed by atoms with Crippen LogP contribution in [0.1, 0.15) is 51.9 Å². The van der Waals surface area contributed by atoms with E-state index in [-0.39, 0.29) is 6.10 Å². The Hall–Kier alpha value is -0.540. The first-order chi connectivity index (χ1) is 11.1. The number of carbonyl (C=O) groups excluding carboxylic acids is 1. The molecule has 0 aromatic carbocycles. The lowest BCUT2D eigenvalue weighted by Gasteiger charge is -2.32. The predicted molar refractivity (Wildman–Crippen MR) is 100 cm³/mol. The van der Waals surface area contributed by atoms with Crippen LogP contribution in [-0.2, 0) is 9.53 Å². The van der Waals surface area contributed by atoms with Gasteiger partial charge in [0.25, 0.3) is 0 Å². The molecule has 23 heavy (non-hydrogen) atoms. The van der Waals surface area contributed by atoms with E-state index in [1.54, 1.807) is 0 Å². The summed E-state index contributed by atoms with van der Waals surface area (Å²) < 4.78 is 6.29. The van der Waals surface area contributed by atoms with Crippen LogP contribution in [0.5, 0.6) is 0 Å². The highest BCUT2D eigenvalue weighted by Crippen LogP contribution is 2.50. The molecule has 0 radical (unpaired) electrons. The molecule has 0 N–H and O–H groups in total.